The molecule has 1 rings (SSSR count). The van der Waals surface area contributed by atoms with Crippen LogP contribution in [0, 0.1) is 0 Å². The molecule has 10 heteroatoms. The van der Waals surface area contributed by atoms with Crippen molar-refractivity contribution < 1.29 is 26.3 Å². The number of nitrogens with two attached hydrogens (primary N) is 1. The van der Waals surface area contributed by atoms with Gasteiger partial charge < -0.3 is 10.5 Å². The maximum absolute atomic E-state index is 12.2. The Balaban J connectivity index is 3.20. The molecule has 0 aliphatic carbocycles. The molecule has 0 aliphatic rings. The summed E-state index contributed by atoms with van der Waals surface area (Å²) in [6.07, 6.45) is -4.99. The van der Waals surface area contributed by atoms with E-state index >= 15 is 0 Å². The average Bonchev–Trinajstić information content (AvgIpc) is 2.24. The highest BCUT2D eigenvalue weighted by molar-refractivity contribution is 9.10. The molecule has 0 aromatic heterocycles. The van der Waals surface area contributed by atoms with Gasteiger partial charge in [-0.15, -0.1) is 13.2 Å². The maximum atomic E-state index is 12.2. The van der Waals surface area contributed by atoms with Crippen LogP contribution in [-0.2, 0) is 10.0 Å². The predicted molar refractivity (Wildman–Crippen MR) is 65.1 cm³/mol. The number of hydrogen-bond acceptors (Lipinski definition) is 4. The molecule has 3 N–H and O–H groups in total. The van der Waals surface area contributed by atoms with Crippen molar-refractivity contribution in [3.63, 3.8) is 0 Å². The van der Waals surface area contributed by atoms with Gasteiger partial charge in [-0.1, -0.05) is 15.9 Å². The third kappa shape index (κ3) is 4.97. The van der Waals surface area contributed by atoms with Crippen LogP contribution in [0.1, 0.15) is 0 Å². The SMILES string of the molecule is NCCNS(=O)(=O)c1ccc(Br)cc1OC(F)(F)F. The van der Waals surface area contributed by atoms with Crippen molar-refractivity contribution in [1.29, 1.82) is 0 Å². The van der Waals surface area contributed by atoms with Crippen LogP contribution in [0.5, 0.6) is 5.75 Å². The summed E-state index contributed by atoms with van der Waals surface area (Å²) < 4.78 is 66.2. The highest BCUT2D eigenvalue weighted by Gasteiger charge is 2.34. The third-order valence-electron chi connectivity index (χ3n) is 1.86. The highest BCUT2D eigenvalue weighted by atomic mass is 79.9. The van der Waals surface area contributed by atoms with Crippen LogP contribution >= 0.6 is 15.9 Å². The Morgan fingerprint density at radius 3 is 2.53 bits per heavy atom. The second-order valence-corrected chi connectivity index (χ2v) is 5.98. The molecule has 0 fully saturated rings. The molecule has 0 radical (unpaired) electrons. The lowest BCUT2D eigenvalue weighted by Gasteiger charge is -2.14. The molecular weight excluding hydrogens is 353 g/mol. The van der Waals surface area contributed by atoms with Gasteiger partial charge in [0.25, 0.3) is 0 Å². The largest absolute Gasteiger partial charge is 0.573 e. The van der Waals surface area contributed by atoms with Crippen molar-refractivity contribution in [2.75, 3.05) is 13.1 Å². The van der Waals surface area contributed by atoms with Gasteiger partial charge in [-0.3, -0.25) is 0 Å². The van der Waals surface area contributed by atoms with E-state index < -0.39 is 27.0 Å². The van der Waals surface area contributed by atoms with Crippen LogP contribution in [0.15, 0.2) is 27.6 Å². The molecule has 0 saturated heterocycles. The fourth-order valence-electron chi connectivity index (χ4n) is 1.18. The van der Waals surface area contributed by atoms with E-state index in [-0.39, 0.29) is 17.6 Å². The average molecular weight is 363 g/mol. The van der Waals surface area contributed by atoms with Gasteiger partial charge in [0, 0.05) is 17.6 Å². The molecule has 108 valence electrons. The summed E-state index contributed by atoms with van der Waals surface area (Å²) in [5, 5.41) is 0. The number of benzene rings is 1. The number of ether oxygens (including phenoxy) is 1. The number of alkyl halides is 3. The first-order valence-corrected chi connectivity index (χ1v) is 7.18. The Hall–Kier alpha value is -0.840. The molecule has 0 spiro atoms. The third-order valence-corrected chi connectivity index (χ3v) is 3.85. The molecule has 0 unspecified atom stereocenters. The number of nitrogens with one attached hydrogen (secondary N) is 1. The maximum Gasteiger partial charge on any atom is 0.573 e. The summed E-state index contributed by atoms with van der Waals surface area (Å²) in [5.41, 5.74) is 5.13. The van der Waals surface area contributed by atoms with Gasteiger partial charge in [-0.25, -0.2) is 13.1 Å². The Morgan fingerprint density at radius 2 is 2.00 bits per heavy atom. The van der Waals surface area contributed by atoms with Gasteiger partial charge in [0.15, 0.2) is 5.75 Å². The van der Waals surface area contributed by atoms with Crippen molar-refractivity contribution in [1.82, 2.24) is 4.72 Å². The van der Waals surface area contributed by atoms with Crippen molar-refractivity contribution in [2.24, 2.45) is 5.73 Å². The lowest BCUT2D eigenvalue weighted by Crippen LogP contribution is -2.30. The smallest absolute Gasteiger partial charge is 0.404 e. The number of halogens is 4. The van der Waals surface area contributed by atoms with E-state index in [2.05, 4.69) is 25.4 Å². The quantitative estimate of drug-likeness (QED) is 0.833. The summed E-state index contributed by atoms with van der Waals surface area (Å²) >= 11 is 2.94. The van der Waals surface area contributed by atoms with E-state index in [0.717, 1.165) is 12.1 Å². The molecule has 0 amide bonds. The zero-order valence-corrected chi connectivity index (χ0v) is 11.8. The second kappa shape index (κ2) is 6.07. The molecule has 1 aromatic carbocycles. The van der Waals surface area contributed by atoms with Gasteiger partial charge in [0.05, 0.1) is 0 Å². The van der Waals surface area contributed by atoms with Gasteiger partial charge >= 0.3 is 6.36 Å². The number of sulfonamides is 1. The van der Waals surface area contributed by atoms with E-state index in [4.69, 9.17) is 5.73 Å². The molecule has 0 aliphatic heterocycles. The zero-order valence-electron chi connectivity index (χ0n) is 9.37. The topological polar surface area (TPSA) is 81.4 Å². The van der Waals surface area contributed by atoms with Crippen molar-refractivity contribution in [2.45, 2.75) is 11.3 Å². The van der Waals surface area contributed by atoms with E-state index in [0.29, 0.717) is 0 Å². The summed E-state index contributed by atoms with van der Waals surface area (Å²) in [7, 11) is -4.12. The van der Waals surface area contributed by atoms with Gasteiger partial charge in [-0.2, -0.15) is 0 Å². The van der Waals surface area contributed by atoms with Gasteiger partial charge in [-0.05, 0) is 18.2 Å². The first-order valence-electron chi connectivity index (χ1n) is 4.91. The summed E-state index contributed by atoms with van der Waals surface area (Å²) in [6.45, 7) is -0.0743. The zero-order chi connectivity index (χ0) is 14.7. The molecular formula is C9H10BrF3N2O3S. The van der Waals surface area contributed by atoms with Crippen molar-refractivity contribution in [3.05, 3.63) is 22.7 Å². The monoisotopic (exact) mass is 362 g/mol. The standard InChI is InChI=1S/C9H10BrF3N2O3S/c10-6-1-2-8(19(16,17)15-4-3-14)7(5-6)18-9(11,12)13/h1-2,5,15H,3-4,14H2. The number of rotatable bonds is 5. The lowest BCUT2D eigenvalue weighted by molar-refractivity contribution is -0.275. The number of hydrogen-bond donors (Lipinski definition) is 2. The Morgan fingerprint density at radius 1 is 1.37 bits per heavy atom. The fourth-order valence-corrected chi connectivity index (χ4v) is 2.67. The van der Waals surface area contributed by atoms with Crippen LogP contribution in [0.3, 0.4) is 0 Å². The molecule has 0 atom stereocenters. The van der Waals surface area contributed by atoms with Crippen molar-refractivity contribution in [3.8, 4) is 5.75 Å². The fraction of sp³-hybridized carbons (Fsp3) is 0.333. The van der Waals surface area contributed by atoms with Gasteiger partial charge in [0.2, 0.25) is 10.0 Å². The Kier molecular flexibility index (Phi) is 5.18. The van der Waals surface area contributed by atoms with E-state index in [9.17, 15) is 21.6 Å². The molecule has 0 heterocycles. The first kappa shape index (κ1) is 16.2. The first-order chi connectivity index (χ1) is 8.65. The van der Waals surface area contributed by atoms with Crippen LogP contribution < -0.4 is 15.2 Å². The molecule has 1 aromatic rings. The minimum atomic E-state index is -4.99. The summed E-state index contributed by atoms with van der Waals surface area (Å²) in [4.78, 5) is -0.610. The van der Waals surface area contributed by atoms with E-state index in [1.807, 2.05) is 0 Å². The van der Waals surface area contributed by atoms with Gasteiger partial charge in [0.1, 0.15) is 4.90 Å². The molecule has 5 nitrogen and oxygen atoms in total. The van der Waals surface area contributed by atoms with Crippen molar-refractivity contribution >= 4 is 26.0 Å². The van der Waals surface area contributed by atoms with Crippen LogP contribution in [-0.4, -0.2) is 27.9 Å². The minimum absolute atomic E-state index is 0.0191. The minimum Gasteiger partial charge on any atom is -0.404 e. The summed E-state index contributed by atoms with van der Waals surface area (Å²) in [6, 6.07) is 3.22. The molecule has 19 heavy (non-hydrogen) atoms. The van der Waals surface area contributed by atoms with Crippen LogP contribution in [0.2, 0.25) is 0 Å². The Labute approximate surface area is 116 Å². The molecule has 0 bridgehead atoms. The second-order valence-electron chi connectivity index (χ2n) is 3.33. The highest BCUT2D eigenvalue weighted by Crippen LogP contribution is 2.32. The van der Waals surface area contributed by atoms with E-state index in [1.165, 1.54) is 6.07 Å². The molecule has 0 saturated carbocycles. The predicted octanol–water partition coefficient (Wildman–Crippen LogP) is 1.58. The van der Waals surface area contributed by atoms with Crippen LogP contribution in [0.4, 0.5) is 13.2 Å². The summed E-state index contributed by atoms with van der Waals surface area (Å²) in [5.74, 6) is -0.814. The van der Waals surface area contributed by atoms with E-state index in [1.54, 1.807) is 0 Å². The normalized spacial score (nSPS) is 12.5. The Bertz CT molecular complexity index is 548. The van der Waals surface area contributed by atoms with Crippen LogP contribution in [0.25, 0.3) is 0 Å². The lowest BCUT2D eigenvalue weighted by atomic mass is 10.3.